The molecule has 0 atom stereocenters. The number of alkyl halides is 9. The van der Waals surface area contributed by atoms with E-state index in [-0.39, 0.29) is 79.0 Å². The second kappa shape index (κ2) is 54.2. The smallest absolute Gasteiger partial charge is 0.417 e. The molecule has 0 bridgehead atoms. The number of unbranched alkanes of at least 4 members (excludes halogenated alkanes) is 8. The van der Waals surface area contributed by atoms with E-state index in [9.17, 15) is 77.9 Å². The van der Waals surface area contributed by atoms with Gasteiger partial charge in [-0.15, -0.1) is 0 Å². The number of carboxylic acid groups (broad SMARTS) is 4. The van der Waals surface area contributed by atoms with Crippen LogP contribution in [0.4, 0.5) is 39.5 Å². The van der Waals surface area contributed by atoms with Crippen LogP contribution in [0.1, 0.15) is 246 Å². The maximum absolute atomic E-state index is 13.5. The largest absolute Gasteiger partial charge is 0.493 e. The second-order valence-corrected chi connectivity index (χ2v) is 38.2. The van der Waals surface area contributed by atoms with Crippen LogP contribution >= 0.6 is 0 Å². The fraction of sp³-hybridized carbons (Fsp3) is 0.339. The van der Waals surface area contributed by atoms with Gasteiger partial charge in [-0.3, -0.25) is 38.4 Å². The lowest BCUT2D eigenvalue weighted by atomic mass is 9.98. The zero-order valence-corrected chi connectivity index (χ0v) is 84.0. The Balaban J connectivity index is 0.000000167. The summed E-state index contributed by atoms with van der Waals surface area (Å²) in [7, 11) is 0. The molecule has 12 aromatic carbocycles. The Morgan fingerprint density at radius 1 is 0.260 bits per heavy atom. The van der Waals surface area contributed by atoms with Gasteiger partial charge in [0.25, 0.3) is 23.6 Å². The SMILES string of the molecule is Cc1cc(C)cc(-c2ccc(C(=O)N(Cc3ccccc3OCCCCCC(=O)O)C3CC3)cc2)c1.O=C(O)CCCCCOc1ccccc1CN(C(=O)c1ccc(-c2ccc(C(F)(F)F)cc2)cc1)C1CC1.O=C(O)CCCCCOc1ccccc1CN(C(=O)c1ccc(-c2cccc(C(F)(F)F)c2)cc1)C1CC1.O=C(O)CCCCCOc1ccccc1CN(C(=O)c1ccc(-c2ccccc2C(F)(F)F)cc1)C1CC1. The molecule has 20 nitrogen and oxygen atoms in total. The average molecular weight is 2060 g/mol. The summed E-state index contributed by atoms with van der Waals surface area (Å²) in [6, 6.07) is 81.1. The molecule has 0 heterocycles. The van der Waals surface area contributed by atoms with Gasteiger partial charge in [0.1, 0.15) is 23.0 Å². The summed E-state index contributed by atoms with van der Waals surface area (Å²) in [5.74, 6) is -0.635. The quantitative estimate of drug-likeness (QED) is 0.0204. The molecule has 4 fully saturated rings. The Morgan fingerprint density at radius 3 is 0.813 bits per heavy atom. The number of aliphatic carboxylic acids is 4. The van der Waals surface area contributed by atoms with Gasteiger partial charge in [0.15, 0.2) is 0 Å². The second-order valence-electron chi connectivity index (χ2n) is 38.2. The number of carbonyl (C=O) groups excluding carboxylic acids is 4. The van der Waals surface area contributed by atoms with Crippen LogP contribution in [0, 0.1) is 13.8 Å². The molecule has 788 valence electrons. The normalized spacial score (nSPS) is 13.1. The topological polar surface area (TPSA) is 267 Å². The fourth-order valence-electron chi connectivity index (χ4n) is 17.5. The van der Waals surface area contributed by atoms with E-state index < -0.39 is 59.1 Å². The van der Waals surface area contributed by atoms with Gasteiger partial charge in [0, 0.05) is 121 Å². The van der Waals surface area contributed by atoms with Crippen molar-refractivity contribution in [1.82, 2.24) is 19.6 Å². The monoisotopic (exact) mass is 2060 g/mol. The van der Waals surface area contributed by atoms with Gasteiger partial charge < -0.3 is 59.0 Å². The van der Waals surface area contributed by atoms with Crippen LogP contribution in [0.3, 0.4) is 0 Å². The minimum atomic E-state index is -4.47. The summed E-state index contributed by atoms with van der Waals surface area (Å²) in [4.78, 5) is 104. The maximum atomic E-state index is 13.5. The molecule has 0 saturated heterocycles. The van der Waals surface area contributed by atoms with Crippen molar-refractivity contribution in [3.8, 4) is 67.5 Å². The molecule has 4 saturated carbocycles. The number of hydrogen-bond acceptors (Lipinski definition) is 12. The summed E-state index contributed by atoms with van der Waals surface area (Å²) in [6.07, 6.45) is 3.53. The molecule has 0 aromatic heterocycles. The number of carbonyl (C=O) groups is 8. The number of nitrogens with zero attached hydrogens (tertiary/aromatic N) is 4. The zero-order valence-electron chi connectivity index (χ0n) is 84.0. The number of ether oxygens (including phenoxy) is 4. The lowest BCUT2D eigenvalue weighted by molar-refractivity contribution is -0.138. The third-order valence-electron chi connectivity index (χ3n) is 26.1. The van der Waals surface area contributed by atoms with Gasteiger partial charge in [-0.2, -0.15) is 39.5 Å². The average Bonchev–Trinajstić information content (AvgIpc) is 1.77. The number of amides is 4. The molecule has 4 aliphatic carbocycles. The number of rotatable bonds is 48. The van der Waals surface area contributed by atoms with Gasteiger partial charge in [-0.25, -0.2) is 0 Å². The van der Waals surface area contributed by atoms with Gasteiger partial charge in [-0.1, -0.05) is 193 Å². The molecule has 4 aliphatic rings. The minimum absolute atomic E-state index is 0.0490. The molecule has 150 heavy (non-hydrogen) atoms. The van der Waals surface area contributed by atoms with Crippen LogP contribution in [0.2, 0.25) is 0 Å². The zero-order chi connectivity index (χ0) is 107. The van der Waals surface area contributed by atoms with E-state index in [2.05, 4.69) is 32.0 Å². The summed E-state index contributed by atoms with van der Waals surface area (Å²) in [5.41, 5.74) is 11.3. The molecular weight excluding hydrogens is 1940 g/mol. The summed E-state index contributed by atoms with van der Waals surface area (Å²) >= 11 is 0. The molecule has 0 aliphatic heterocycles. The molecule has 4 N–H and O–H groups in total. The summed E-state index contributed by atoms with van der Waals surface area (Å²) < 4.78 is 142. The van der Waals surface area contributed by atoms with Crippen LogP contribution in [0.15, 0.2) is 285 Å². The Bertz CT molecular complexity index is 6480. The Kier molecular flexibility index (Phi) is 40.6. The highest BCUT2D eigenvalue weighted by Gasteiger charge is 2.40. The van der Waals surface area contributed by atoms with Crippen molar-refractivity contribution in [3.05, 3.63) is 357 Å². The van der Waals surface area contributed by atoms with Crippen LogP contribution in [0.25, 0.3) is 44.5 Å². The molecule has 12 aromatic rings. The van der Waals surface area contributed by atoms with E-state index in [0.717, 1.165) is 172 Å². The maximum Gasteiger partial charge on any atom is 0.417 e. The first-order valence-corrected chi connectivity index (χ1v) is 51.0. The van der Waals surface area contributed by atoms with Crippen LogP contribution in [-0.2, 0) is 63.9 Å². The highest BCUT2D eigenvalue weighted by molar-refractivity contribution is 5.98. The number of carboxylic acids is 4. The van der Waals surface area contributed by atoms with Crippen molar-refractivity contribution >= 4 is 47.5 Å². The van der Waals surface area contributed by atoms with Gasteiger partial charge in [0.2, 0.25) is 0 Å². The molecular formula is C121H125F9N4O16. The van der Waals surface area contributed by atoms with E-state index in [4.69, 9.17) is 39.4 Å². The summed E-state index contributed by atoms with van der Waals surface area (Å²) in [6.45, 7) is 7.78. The number of hydrogen-bond donors (Lipinski definition) is 4. The third-order valence-corrected chi connectivity index (χ3v) is 26.1. The molecule has 0 spiro atoms. The number of para-hydroxylation sites is 4. The Hall–Kier alpha value is -15.0. The van der Waals surface area contributed by atoms with Gasteiger partial charge in [0.05, 0.1) is 43.1 Å². The lowest BCUT2D eigenvalue weighted by Crippen LogP contribution is -2.32. The minimum Gasteiger partial charge on any atom is -0.493 e. The first kappa shape index (κ1) is 112. The van der Waals surface area contributed by atoms with Crippen molar-refractivity contribution < 1.29 is 117 Å². The fourth-order valence-corrected chi connectivity index (χ4v) is 17.5. The predicted molar refractivity (Wildman–Crippen MR) is 556 cm³/mol. The number of aryl methyl sites for hydroxylation is 2. The number of halogens is 9. The van der Waals surface area contributed by atoms with E-state index >= 15 is 0 Å². The third kappa shape index (κ3) is 34.8. The van der Waals surface area contributed by atoms with Gasteiger partial charge in [-0.05, 0) is 290 Å². The summed E-state index contributed by atoms with van der Waals surface area (Å²) in [5, 5.41) is 35.0. The van der Waals surface area contributed by atoms with E-state index in [1.807, 2.05) is 136 Å². The standard InChI is InChI=1S/C31H35NO4.3C30H30F3NO4/c1-22-18-23(2)20-27(19-22)24-11-13-25(14-12-24)31(35)32(28-15-16-28)21-26-8-5-6-9-29(26)36-17-7-3-4-10-30(33)34;31-30(32,33)26-10-5-4-9-25(26)21-13-15-22(16-14-21)29(37)34(24-17-18-24)20-23-8-3-6-11-27(23)38-19-7-1-2-12-28(35)36;31-30(32,33)25-9-6-8-23(19-25)21-12-14-22(15-13-21)29(37)34(26-16-17-26)20-24-7-3-4-10-27(24)38-18-5-1-2-11-28(35)36;31-30(32,33)25-15-13-22(14-16-25)21-9-11-23(12-10-21)29(37)34(26-17-18-26)20-24-6-3-4-7-27(24)38-19-5-1-2-8-28(35)36/h5-6,8-9,11-14,18-20,28H,3-4,7,10,15-17,21H2,1-2H3,(H,33,34);3-6,8-11,13-16,24H,1-2,7,12,17-20H2,(H,35,36);3-4,6-10,12-15,19,26H,1-2,5,11,16-18,20H2,(H,35,36);3-4,6-7,9-16,26H,1-2,5,8,17-20H2,(H,35,36). The van der Waals surface area contributed by atoms with Crippen molar-refractivity contribution in [1.29, 1.82) is 0 Å². The highest BCUT2D eigenvalue weighted by Crippen LogP contribution is 2.43. The first-order valence-electron chi connectivity index (χ1n) is 51.0. The van der Waals surface area contributed by atoms with E-state index in [0.29, 0.717) is 140 Å². The lowest BCUT2D eigenvalue weighted by Gasteiger charge is -2.24. The van der Waals surface area contributed by atoms with E-state index in [1.54, 1.807) is 89.8 Å². The van der Waals surface area contributed by atoms with Crippen LogP contribution in [-0.4, -0.2) is 138 Å². The molecule has 4 amide bonds. The van der Waals surface area contributed by atoms with Crippen molar-refractivity contribution in [3.63, 3.8) is 0 Å². The first-order chi connectivity index (χ1) is 72.1. The van der Waals surface area contributed by atoms with Crippen molar-refractivity contribution in [2.75, 3.05) is 26.4 Å². The van der Waals surface area contributed by atoms with Gasteiger partial charge >= 0.3 is 42.4 Å². The van der Waals surface area contributed by atoms with Crippen molar-refractivity contribution in [2.24, 2.45) is 0 Å². The molecule has 0 radical (unpaired) electrons. The van der Waals surface area contributed by atoms with E-state index in [1.165, 1.54) is 47.0 Å². The predicted octanol–water partition coefficient (Wildman–Crippen LogP) is 28.4. The Morgan fingerprint density at radius 2 is 0.527 bits per heavy atom. The molecule has 0 unspecified atom stereocenters. The highest BCUT2D eigenvalue weighted by atomic mass is 19.4. The molecule has 16 rings (SSSR count). The molecule has 29 heteroatoms. The van der Waals surface area contributed by atoms with Crippen LogP contribution < -0.4 is 18.9 Å². The van der Waals surface area contributed by atoms with Crippen LogP contribution in [0.5, 0.6) is 23.0 Å². The number of benzene rings is 12. The Labute approximate surface area is 867 Å². The van der Waals surface area contributed by atoms with Crippen molar-refractivity contribution in [2.45, 2.75) is 237 Å².